The van der Waals surface area contributed by atoms with Gasteiger partial charge in [0.25, 0.3) is 5.56 Å². The Kier molecular flexibility index (Phi) is 10.4. The van der Waals surface area contributed by atoms with Crippen LogP contribution in [0.4, 0.5) is 13.2 Å². The van der Waals surface area contributed by atoms with Crippen LogP contribution in [0, 0.1) is 19.8 Å². The fraction of sp³-hybridized carbons (Fsp3) is 0.412. The van der Waals surface area contributed by atoms with Crippen LogP contribution in [0.3, 0.4) is 0 Å². The second-order valence-electron chi connectivity index (χ2n) is 12.3. The lowest BCUT2D eigenvalue weighted by Gasteiger charge is -2.26. The Labute approximate surface area is 265 Å². The molecular formula is C34H39F3N4O5. The first-order valence-corrected chi connectivity index (χ1v) is 15.0. The fourth-order valence-electron chi connectivity index (χ4n) is 5.75. The summed E-state index contributed by atoms with van der Waals surface area (Å²) in [6.45, 7) is 7.83. The molecule has 2 aromatic heterocycles. The summed E-state index contributed by atoms with van der Waals surface area (Å²) >= 11 is 0. The van der Waals surface area contributed by atoms with Gasteiger partial charge in [-0.3, -0.25) is 14.4 Å². The van der Waals surface area contributed by atoms with Gasteiger partial charge in [0.15, 0.2) is 12.0 Å². The topological polar surface area (TPSA) is 118 Å². The van der Waals surface area contributed by atoms with Crippen molar-refractivity contribution in [1.82, 2.24) is 19.8 Å². The van der Waals surface area contributed by atoms with E-state index in [1.807, 2.05) is 45.9 Å². The van der Waals surface area contributed by atoms with Gasteiger partial charge in [-0.25, -0.2) is 4.98 Å². The largest absolute Gasteiger partial charge is 0.481 e. The van der Waals surface area contributed by atoms with E-state index in [9.17, 15) is 32.7 Å². The Morgan fingerprint density at radius 1 is 1.11 bits per heavy atom. The maximum absolute atomic E-state index is 14.0. The van der Waals surface area contributed by atoms with Gasteiger partial charge in [-0.15, -0.1) is 0 Å². The second kappa shape index (κ2) is 13.9. The minimum Gasteiger partial charge on any atom is -0.481 e. The van der Waals surface area contributed by atoms with Gasteiger partial charge >= 0.3 is 12.1 Å². The lowest BCUT2D eigenvalue weighted by Crippen LogP contribution is -2.40. The predicted octanol–water partition coefficient (Wildman–Crippen LogP) is 6.32. The zero-order chi connectivity index (χ0) is 33.9. The van der Waals surface area contributed by atoms with Crippen LogP contribution in [0.1, 0.15) is 66.6 Å². The summed E-state index contributed by atoms with van der Waals surface area (Å²) in [5.41, 5.74) is 2.75. The van der Waals surface area contributed by atoms with Crippen LogP contribution in [-0.4, -0.2) is 52.1 Å². The summed E-state index contributed by atoms with van der Waals surface area (Å²) in [5.74, 6) is -2.00. The van der Waals surface area contributed by atoms with E-state index < -0.39 is 47.7 Å². The number of benzene rings is 2. The van der Waals surface area contributed by atoms with Crippen molar-refractivity contribution >= 4 is 23.0 Å². The number of amides is 1. The number of carboxylic acids is 1. The number of hydrogen-bond donors (Lipinski definition) is 2. The monoisotopic (exact) mass is 640 g/mol. The van der Waals surface area contributed by atoms with Gasteiger partial charge in [-0.1, -0.05) is 32.0 Å². The number of aryl methyl sites for hydroxylation is 2. The molecule has 0 aliphatic heterocycles. The van der Waals surface area contributed by atoms with Crippen LogP contribution in [0.15, 0.2) is 58.2 Å². The number of rotatable bonds is 12. The van der Waals surface area contributed by atoms with Crippen LogP contribution >= 0.6 is 0 Å². The average Bonchev–Trinajstić information content (AvgIpc) is 3.43. The van der Waals surface area contributed by atoms with E-state index in [-0.39, 0.29) is 30.9 Å². The number of oxazole rings is 1. The van der Waals surface area contributed by atoms with E-state index in [1.165, 1.54) is 6.39 Å². The Hall–Kier alpha value is -4.45. The first-order chi connectivity index (χ1) is 21.6. The van der Waals surface area contributed by atoms with Crippen LogP contribution in [-0.2, 0) is 22.2 Å². The molecule has 9 nitrogen and oxygen atoms in total. The Bertz CT molecular complexity index is 1770. The van der Waals surface area contributed by atoms with E-state index in [0.29, 0.717) is 28.3 Å². The summed E-state index contributed by atoms with van der Waals surface area (Å²) in [5, 5.41) is 12.7. The molecule has 2 heterocycles. The molecule has 0 unspecified atom stereocenters. The zero-order valence-electron chi connectivity index (χ0n) is 26.7. The molecule has 246 valence electrons. The number of fused-ring (bicyclic) bond motifs is 1. The second-order valence-corrected chi connectivity index (χ2v) is 12.3. The van der Waals surface area contributed by atoms with E-state index in [1.54, 1.807) is 31.1 Å². The molecule has 0 saturated carbocycles. The Morgan fingerprint density at radius 3 is 2.37 bits per heavy atom. The summed E-state index contributed by atoms with van der Waals surface area (Å²) < 4.78 is 48.5. The Morgan fingerprint density at radius 2 is 1.78 bits per heavy atom. The molecule has 2 N–H and O–H groups in total. The molecular weight excluding hydrogens is 601 g/mol. The predicted molar refractivity (Wildman–Crippen MR) is 169 cm³/mol. The fourth-order valence-corrected chi connectivity index (χ4v) is 5.75. The number of carbonyl (C=O) groups is 2. The third-order valence-electron chi connectivity index (χ3n) is 7.93. The molecule has 0 saturated heterocycles. The van der Waals surface area contributed by atoms with Gasteiger partial charge in [0.2, 0.25) is 5.91 Å². The van der Waals surface area contributed by atoms with Crippen molar-refractivity contribution in [2.24, 2.45) is 5.92 Å². The third kappa shape index (κ3) is 7.85. The SMILES string of the molecule is Cc1cccc(C)c1-c1cc([C@H](CC(=O)O)NC(=O)[C@H](CC(C)C)n2cc(CCN(C)C)c(C(F)(F)F)cc2=O)cc2ncoc12. The minimum absolute atomic E-state index is 0.00140. The van der Waals surface area contributed by atoms with E-state index in [0.717, 1.165) is 27.5 Å². The molecule has 4 rings (SSSR count). The van der Waals surface area contributed by atoms with E-state index in [4.69, 9.17) is 4.42 Å². The van der Waals surface area contributed by atoms with Crippen LogP contribution < -0.4 is 10.9 Å². The number of carbonyl (C=O) groups excluding carboxylic acids is 1. The van der Waals surface area contributed by atoms with Crippen molar-refractivity contribution in [1.29, 1.82) is 0 Å². The van der Waals surface area contributed by atoms with Gasteiger partial charge in [-0.05, 0) is 86.7 Å². The smallest absolute Gasteiger partial charge is 0.416 e. The van der Waals surface area contributed by atoms with Crippen LogP contribution in [0.25, 0.3) is 22.2 Å². The molecule has 12 heteroatoms. The van der Waals surface area contributed by atoms with Gasteiger partial charge in [-0.2, -0.15) is 13.2 Å². The molecule has 0 aliphatic carbocycles. The number of nitrogens with zero attached hydrogens (tertiary/aromatic N) is 3. The number of carboxylic acid groups (broad SMARTS) is 1. The summed E-state index contributed by atoms with van der Waals surface area (Å²) in [6, 6.07) is 7.50. The number of aromatic nitrogens is 2. The highest BCUT2D eigenvalue weighted by molar-refractivity contribution is 5.93. The molecule has 0 bridgehead atoms. The molecule has 1 amide bonds. The lowest BCUT2D eigenvalue weighted by atomic mass is 9.91. The zero-order valence-corrected chi connectivity index (χ0v) is 26.7. The normalized spacial score (nSPS) is 13.4. The number of alkyl halides is 3. The summed E-state index contributed by atoms with van der Waals surface area (Å²) in [4.78, 5) is 45.3. The standard InChI is InChI=1S/C34H39F3N4O5/c1-19(2)12-28(41-17-22(10-11-40(5)6)25(15-29(41)42)34(35,36)37)33(45)39-26(16-30(43)44)23-13-24(32-27(14-23)38-18-46-32)31-20(3)8-7-9-21(31)4/h7-9,13-15,17-19,26,28H,10-12,16H2,1-6H3,(H,39,45)(H,43,44)/t26-,28-/m0/s1. The Balaban J connectivity index is 1.81. The molecule has 2 atom stereocenters. The highest BCUT2D eigenvalue weighted by Crippen LogP contribution is 2.37. The highest BCUT2D eigenvalue weighted by Gasteiger charge is 2.36. The van der Waals surface area contributed by atoms with Gasteiger partial charge in [0.1, 0.15) is 11.6 Å². The van der Waals surface area contributed by atoms with Crippen molar-refractivity contribution in [2.75, 3.05) is 20.6 Å². The first-order valence-electron chi connectivity index (χ1n) is 15.0. The van der Waals surface area contributed by atoms with E-state index >= 15 is 0 Å². The minimum atomic E-state index is -4.75. The van der Waals surface area contributed by atoms with Crippen molar-refractivity contribution in [3.8, 4) is 11.1 Å². The lowest BCUT2D eigenvalue weighted by molar-refractivity contribution is -0.139. The molecule has 0 fully saturated rings. The number of hydrogen-bond acceptors (Lipinski definition) is 6. The van der Waals surface area contributed by atoms with Crippen molar-refractivity contribution < 1.29 is 32.3 Å². The molecule has 46 heavy (non-hydrogen) atoms. The summed E-state index contributed by atoms with van der Waals surface area (Å²) in [6.07, 6.45) is -2.71. The van der Waals surface area contributed by atoms with Crippen molar-refractivity contribution in [2.45, 2.75) is 65.2 Å². The first kappa shape index (κ1) is 34.4. The van der Waals surface area contributed by atoms with Gasteiger partial charge in [0, 0.05) is 24.4 Å². The maximum atomic E-state index is 14.0. The van der Waals surface area contributed by atoms with Crippen LogP contribution in [0.5, 0.6) is 0 Å². The number of pyridine rings is 1. The number of halogens is 3. The van der Waals surface area contributed by atoms with E-state index in [2.05, 4.69) is 10.3 Å². The average molecular weight is 641 g/mol. The number of nitrogens with one attached hydrogen (secondary N) is 1. The third-order valence-corrected chi connectivity index (χ3v) is 7.93. The molecule has 0 spiro atoms. The molecule has 0 aliphatic rings. The van der Waals surface area contributed by atoms with Gasteiger partial charge in [0.05, 0.1) is 18.0 Å². The number of aliphatic carboxylic acids is 1. The van der Waals surface area contributed by atoms with Crippen LogP contribution in [0.2, 0.25) is 0 Å². The quantitative estimate of drug-likeness (QED) is 0.186. The van der Waals surface area contributed by atoms with Gasteiger partial charge < -0.3 is 24.3 Å². The number of likely N-dealkylation sites (N-methyl/N-ethyl adjacent to an activating group) is 1. The van der Waals surface area contributed by atoms with Crippen molar-refractivity contribution in [3.05, 3.63) is 87.2 Å². The highest BCUT2D eigenvalue weighted by atomic mass is 19.4. The molecule has 2 aromatic carbocycles. The summed E-state index contributed by atoms with van der Waals surface area (Å²) in [7, 11) is 3.45. The molecule has 0 radical (unpaired) electrons. The molecule has 4 aromatic rings. The maximum Gasteiger partial charge on any atom is 0.416 e. The van der Waals surface area contributed by atoms with Crippen molar-refractivity contribution in [3.63, 3.8) is 0 Å².